The summed E-state index contributed by atoms with van der Waals surface area (Å²) >= 11 is 0. The maximum absolute atomic E-state index is 11.8. The highest BCUT2D eigenvalue weighted by Crippen LogP contribution is 2.25. The second kappa shape index (κ2) is 6.76. The molecule has 1 rings (SSSR count). The molecular weight excluding hydrogens is 321 g/mol. The lowest BCUT2D eigenvalue weighted by atomic mass is 9.77. The lowest BCUT2D eigenvalue weighted by Crippen LogP contribution is -2.53. The molecule has 0 aliphatic heterocycles. The molecule has 0 spiro atoms. The van der Waals surface area contributed by atoms with Crippen molar-refractivity contribution in [1.29, 1.82) is 0 Å². The average Bonchev–Trinajstić information content (AvgIpc) is 2.34. The Balaban J connectivity index is 2.99. The van der Waals surface area contributed by atoms with E-state index in [1.54, 1.807) is 27.7 Å². The first-order valence-corrected chi connectivity index (χ1v) is 9.25. The number of sulfone groups is 1. The van der Waals surface area contributed by atoms with Gasteiger partial charge in [-0.15, -0.1) is 0 Å². The first-order chi connectivity index (χ1) is 10.2. The third kappa shape index (κ3) is 5.76. The van der Waals surface area contributed by atoms with Crippen LogP contribution in [0.25, 0.3) is 0 Å². The van der Waals surface area contributed by atoms with E-state index in [9.17, 15) is 23.3 Å². The minimum absolute atomic E-state index is 0.00683. The molecule has 0 bridgehead atoms. The third-order valence-electron chi connectivity index (χ3n) is 3.87. The van der Waals surface area contributed by atoms with Gasteiger partial charge in [0, 0.05) is 25.1 Å². The molecule has 0 aromatic carbocycles. The van der Waals surface area contributed by atoms with Crippen LogP contribution < -0.4 is 11.0 Å². The molecule has 0 saturated carbocycles. The van der Waals surface area contributed by atoms with E-state index in [1.165, 1.54) is 22.9 Å². The molecular formula is C14H24BNO6S. The van der Waals surface area contributed by atoms with E-state index in [4.69, 9.17) is 4.65 Å². The summed E-state index contributed by atoms with van der Waals surface area (Å²) in [6.45, 7) is 6.39. The van der Waals surface area contributed by atoms with Crippen LogP contribution in [0.3, 0.4) is 0 Å². The quantitative estimate of drug-likeness (QED) is 0.624. The molecule has 1 heterocycles. The fourth-order valence-electron chi connectivity index (χ4n) is 1.63. The number of nitrogens with zero attached hydrogens (tertiary/aromatic N) is 1. The number of aliphatic hydroxyl groups is 1. The Hall–Kier alpha value is -1.16. The first-order valence-electron chi connectivity index (χ1n) is 7.19. The van der Waals surface area contributed by atoms with Crippen LogP contribution in [0.5, 0.6) is 0 Å². The molecule has 0 unspecified atom stereocenters. The van der Waals surface area contributed by atoms with Gasteiger partial charge in [0.1, 0.15) is 9.84 Å². The van der Waals surface area contributed by atoms with Gasteiger partial charge in [-0.25, -0.2) is 8.42 Å². The molecule has 0 radical (unpaired) electrons. The Kier molecular flexibility index (Phi) is 5.85. The van der Waals surface area contributed by atoms with Gasteiger partial charge < -0.3 is 19.4 Å². The Bertz CT molecular complexity index is 705. The lowest BCUT2D eigenvalue weighted by Gasteiger charge is -2.38. The molecule has 0 aliphatic rings. The number of aromatic nitrogens is 1. The molecule has 1 aromatic heterocycles. The van der Waals surface area contributed by atoms with Crippen molar-refractivity contribution in [2.24, 2.45) is 0 Å². The van der Waals surface area contributed by atoms with Crippen molar-refractivity contribution < 1.29 is 23.2 Å². The molecule has 0 aliphatic carbocycles. The van der Waals surface area contributed by atoms with Crippen molar-refractivity contribution in [1.82, 2.24) is 4.57 Å². The summed E-state index contributed by atoms with van der Waals surface area (Å²) in [6.07, 6.45) is 2.45. The van der Waals surface area contributed by atoms with Crippen LogP contribution in [-0.2, 0) is 21.0 Å². The van der Waals surface area contributed by atoms with Crippen LogP contribution in [0.15, 0.2) is 23.1 Å². The van der Waals surface area contributed by atoms with Crippen molar-refractivity contribution in [2.45, 2.75) is 45.4 Å². The van der Waals surface area contributed by atoms with E-state index in [-0.39, 0.29) is 17.9 Å². The summed E-state index contributed by atoms with van der Waals surface area (Å²) in [7, 11) is -4.57. The highest BCUT2D eigenvalue weighted by molar-refractivity contribution is 7.90. The predicted octanol–water partition coefficient (Wildman–Crippen LogP) is -0.853. The van der Waals surface area contributed by atoms with Gasteiger partial charge >= 0.3 is 7.12 Å². The fourth-order valence-corrected chi connectivity index (χ4v) is 2.15. The minimum atomic E-state index is -3.21. The van der Waals surface area contributed by atoms with Crippen molar-refractivity contribution in [2.75, 3.05) is 12.0 Å². The second-order valence-corrected chi connectivity index (χ2v) is 8.92. The van der Waals surface area contributed by atoms with Gasteiger partial charge in [-0.2, -0.15) is 0 Å². The van der Waals surface area contributed by atoms with Crippen molar-refractivity contribution >= 4 is 22.4 Å². The summed E-state index contributed by atoms with van der Waals surface area (Å²) < 4.78 is 29.1. The molecule has 2 N–H and O–H groups in total. The number of aryl methyl sites for hydroxylation is 1. The standard InChI is InChI=1S/C14H24BNO6S/c1-13(2,18)14(3,4)22-15(19)11-6-7-12(17)16(10-11)8-9-23(5,20)21/h6-7,10,18-19H,8-9H2,1-5H3. The van der Waals surface area contributed by atoms with Crippen LogP contribution in [0, 0.1) is 0 Å². The zero-order valence-electron chi connectivity index (χ0n) is 14.1. The van der Waals surface area contributed by atoms with E-state index in [0.717, 1.165) is 6.26 Å². The van der Waals surface area contributed by atoms with Crippen LogP contribution >= 0.6 is 0 Å². The van der Waals surface area contributed by atoms with E-state index in [0.29, 0.717) is 5.46 Å². The van der Waals surface area contributed by atoms with Crippen LogP contribution in [0.2, 0.25) is 0 Å². The molecule has 130 valence electrons. The van der Waals surface area contributed by atoms with E-state index < -0.39 is 28.2 Å². The zero-order chi connectivity index (χ0) is 18.1. The van der Waals surface area contributed by atoms with Crippen LogP contribution in [-0.4, -0.2) is 53.4 Å². The summed E-state index contributed by atoms with van der Waals surface area (Å²) in [5.74, 6) is -0.178. The normalized spacial score (nSPS) is 13.2. The third-order valence-corrected chi connectivity index (χ3v) is 4.80. The highest BCUT2D eigenvalue weighted by Gasteiger charge is 2.39. The summed E-state index contributed by atoms with van der Waals surface area (Å²) in [5.41, 5.74) is -2.31. The molecule has 0 fully saturated rings. The molecule has 1 aromatic rings. The summed E-state index contributed by atoms with van der Waals surface area (Å²) in [4.78, 5) is 11.8. The zero-order valence-corrected chi connectivity index (χ0v) is 14.9. The van der Waals surface area contributed by atoms with Gasteiger partial charge in [0.05, 0.1) is 17.0 Å². The fraction of sp³-hybridized carbons (Fsp3) is 0.643. The van der Waals surface area contributed by atoms with Crippen molar-refractivity contribution in [3.8, 4) is 0 Å². The average molecular weight is 345 g/mol. The molecule has 0 saturated heterocycles. The Morgan fingerprint density at radius 3 is 2.30 bits per heavy atom. The maximum atomic E-state index is 11.8. The van der Waals surface area contributed by atoms with Gasteiger partial charge in [-0.1, -0.05) is 6.07 Å². The molecule has 7 nitrogen and oxygen atoms in total. The van der Waals surface area contributed by atoms with Gasteiger partial charge in [-0.05, 0) is 33.2 Å². The molecule has 9 heteroatoms. The minimum Gasteiger partial charge on any atom is -0.423 e. The van der Waals surface area contributed by atoms with E-state index in [2.05, 4.69) is 0 Å². The topological polar surface area (TPSA) is 106 Å². The van der Waals surface area contributed by atoms with Crippen LogP contribution in [0.4, 0.5) is 0 Å². The van der Waals surface area contributed by atoms with Gasteiger partial charge in [0.2, 0.25) is 5.56 Å². The Morgan fingerprint density at radius 2 is 1.83 bits per heavy atom. The first kappa shape index (κ1) is 19.9. The van der Waals surface area contributed by atoms with Gasteiger partial charge in [0.25, 0.3) is 0 Å². The Labute approximate surface area is 137 Å². The second-order valence-electron chi connectivity index (χ2n) is 6.66. The molecule has 0 amide bonds. The van der Waals surface area contributed by atoms with Crippen molar-refractivity contribution in [3.05, 3.63) is 28.7 Å². The van der Waals surface area contributed by atoms with Gasteiger partial charge in [0.15, 0.2) is 0 Å². The maximum Gasteiger partial charge on any atom is 0.493 e. The summed E-state index contributed by atoms with van der Waals surface area (Å²) in [6, 6.07) is 2.64. The van der Waals surface area contributed by atoms with E-state index >= 15 is 0 Å². The smallest absolute Gasteiger partial charge is 0.423 e. The number of rotatable bonds is 7. The lowest BCUT2D eigenvalue weighted by molar-refractivity contribution is -0.0982. The molecule has 23 heavy (non-hydrogen) atoms. The number of pyridine rings is 1. The highest BCUT2D eigenvalue weighted by atomic mass is 32.2. The largest absolute Gasteiger partial charge is 0.493 e. The predicted molar refractivity (Wildman–Crippen MR) is 89.5 cm³/mol. The monoisotopic (exact) mass is 345 g/mol. The van der Waals surface area contributed by atoms with Crippen LogP contribution in [0.1, 0.15) is 27.7 Å². The number of hydrogen-bond acceptors (Lipinski definition) is 6. The number of hydrogen-bond donors (Lipinski definition) is 2. The summed E-state index contributed by atoms with van der Waals surface area (Å²) in [5, 5.41) is 20.3. The SMILES string of the molecule is CC(C)(O)C(C)(C)OB(O)c1ccc(=O)n(CCS(C)(=O)=O)c1. The van der Waals surface area contributed by atoms with Gasteiger partial charge in [-0.3, -0.25) is 4.79 Å². The molecule has 0 atom stereocenters. The Morgan fingerprint density at radius 1 is 1.26 bits per heavy atom. The van der Waals surface area contributed by atoms with E-state index in [1.807, 2.05) is 0 Å². The van der Waals surface area contributed by atoms with Crippen molar-refractivity contribution in [3.63, 3.8) is 0 Å².